The van der Waals surface area contributed by atoms with Gasteiger partial charge in [-0.3, -0.25) is 0 Å². The van der Waals surface area contributed by atoms with Crippen molar-refractivity contribution in [3.8, 4) is 0 Å². The molecule has 9 heavy (non-hydrogen) atoms. The molecule has 0 saturated heterocycles. The van der Waals surface area contributed by atoms with Crippen molar-refractivity contribution in [3.05, 3.63) is 0 Å². The highest BCUT2D eigenvalue weighted by Gasteiger charge is 2.13. The molecule has 0 rings (SSSR count). The third-order valence-corrected chi connectivity index (χ3v) is 1.34. The smallest absolute Gasteiger partial charge is 0.0436 e. The summed E-state index contributed by atoms with van der Waals surface area (Å²) < 4.78 is 0. The minimum absolute atomic E-state index is 0. The van der Waals surface area contributed by atoms with E-state index in [9.17, 15) is 0 Å². The lowest BCUT2D eigenvalue weighted by Crippen LogP contribution is -2.24. The number of hydrogen-bond acceptors (Lipinski definition) is 2. The second-order valence-corrected chi connectivity index (χ2v) is 2.84. The topological polar surface area (TPSA) is 46.2 Å². The van der Waals surface area contributed by atoms with E-state index in [0.717, 1.165) is 6.42 Å². The van der Waals surface area contributed by atoms with Gasteiger partial charge in [0, 0.05) is 6.61 Å². The van der Waals surface area contributed by atoms with Crippen molar-refractivity contribution in [1.82, 2.24) is 0 Å². The summed E-state index contributed by atoms with van der Waals surface area (Å²) >= 11 is 0. The number of halogens is 1. The second kappa shape index (κ2) is 5.03. The molecule has 0 saturated carbocycles. The van der Waals surface area contributed by atoms with Crippen molar-refractivity contribution in [3.63, 3.8) is 0 Å². The molecule has 0 aliphatic heterocycles. The van der Waals surface area contributed by atoms with Gasteiger partial charge in [-0.05, 0) is 18.4 Å². The normalized spacial score (nSPS) is 10.7. The summed E-state index contributed by atoms with van der Waals surface area (Å²) in [6.45, 7) is 4.98. The van der Waals surface area contributed by atoms with E-state index in [-0.39, 0.29) is 24.4 Å². The van der Waals surface area contributed by atoms with Crippen LogP contribution in [-0.4, -0.2) is 18.3 Å². The van der Waals surface area contributed by atoms with E-state index in [1.54, 1.807) is 0 Å². The number of aliphatic hydroxyl groups excluding tert-OH is 1. The van der Waals surface area contributed by atoms with Gasteiger partial charge in [0.2, 0.25) is 0 Å². The molecule has 0 radical (unpaired) electrons. The lowest BCUT2D eigenvalue weighted by Gasteiger charge is -2.19. The van der Waals surface area contributed by atoms with Crippen LogP contribution in [-0.2, 0) is 0 Å². The summed E-state index contributed by atoms with van der Waals surface area (Å²) in [5.41, 5.74) is 5.50. The van der Waals surface area contributed by atoms with E-state index in [0.29, 0.717) is 6.54 Å². The number of rotatable bonds is 3. The molecule has 0 aromatic carbocycles. The summed E-state index contributed by atoms with van der Waals surface area (Å²) in [6.07, 6.45) is 0.795. The predicted octanol–water partition coefficient (Wildman–Crippen LogP) is 0.775. The van der Waals surface area contributed by atoms with Crippen LogP contribution in [0.1, 0.15) is 20.3 Å². The maximum absolute atomic E-state index is 8.48. The van der Waals surface area contributed by atoms with E-state index in [2.05, 4.69) is 0 Å². The molecule has 0 atom stereocenters. The van der Waals surface area contributed by atoms with E-state index < -0.39 is 0 Å². The molecule has 0 fully saturated rings. The van der Waals surface area contributed by atoms with Crippen LogP contribution in [0.3, 0.4) is 0 Å². The Bertz CT molecular complexity index is 66.1. The zero-order chi connectivity index (χ0) is 6.62. The summed E-state index contributed by atoms with van der Waals surface area (Å²) in [5.74, 6) is 0. The van der Waals surface area contributed by atoms with Crippen molar-refractivity contribution < 1.29 is 5.11 Å². The van der Waals surface area contributed by atoms with Gasteiger partial charge in [0.15, 0.2) is 0 Å². The van der Waals surface area contributed by atoms with Gasteiger partial charge < -0.3 is 10.8 Å². The fraction of sp³-hybridized carbons (Fsp3) is 1.00. The van der Waals surface area contributed by atoms with E-state index in [1.165, 1.54) is 0 Å². The van der Waals surface area contributed by atoms with Gasteiger partial charge >= 0.3 is 0 Å². The lowest BCUT2D eigenvalue weighted by molar-refractivity contribution is 0.216. The molecule has 0 spiro atoms. The Hall–Kier alpha value is 0.210. The lowest BCUT2D eigenvalue weighted by atomic mass is 9.90. The van der Waals surface area contributed by atoms with Crippen molar-refractivity contribution in [2.75, 3.05) is 13.2 Å². The molecular formula is C6H16ClNO. The van der Waals surface area contributed by atoms with Crippen LogP contribution in [0.4, 0.5) is 0 Å². The maximum Gasteiger partial charge on any atom is 0.0436 e. The molecule has 0 unspecified atom stereocenters. The number of aliphatic hydroxyl groups is 1. The molecule has 3 heteroatoms. The standard InChI is InChI=1S/C6H15NO.ClH/c1-6(2,5-7)3-4-8;/h8H,3-5,7H2,1-2H3;1H. The molecular weight excluding hydrogens is 138 g/mol. The Labute approximate surface area is 62.9 Å². The third kappa shape index (κ3) is 6.09. The van der Waals surface area contributed by atoms with Gasteiger partial charge in [0.1, 0.15) is 0 Å². The van der Waals surface area contributed by atoms with Crippen LogP contribution >= 0.6 is 12.4 Å². The average Bonchev–Trinajstić information content (AvgIpc) is 1.67. The van der Waals surface area contributed by atoms with Crippen LogP contribution in [0.2, 0.25) is 0 Å². The second-order valence-electron chi connectivity index (χ2n) is 2.84. The Morgan fingerprint density at radius 2 is 1.89 bits per heavy atom. The molecule has 0 bridgehead atoms. The first-order valence-corrected chi connectivity index (χ1v) is 2.93. The number of hydrogen-bond donors (Lipinski definition) is 2. The molecule has 3 N–H and O–H groups in total. The van der Waals surface area contributed by atoms with Gasteiger partial charge in [-0.25, -0.2) is 0 Å². The summed E-state index contributed by atoms with van der Waals surface area (Å²) in [6, 6.07) is 0. The average molecular weight is 154 g/mol. The number of nitrogens with two attached hydrogens (primary N) is 1. The maximum atomic E-state index is 8.48. The Kier molecular flexibility index (Phi) is 6.68. The molecule has 0 aromatic heterocycles. The quantitative estimate of drug-likeness (QED) is 0.630. The Balaban J connectivity index is 0. The molecule has 0 amide bonds. The highest BCUT2D eigenvalue weighted by atomic mass is 35.5. The molecule has 0 aliphatic rings. The monoisotopic (exact) mass is 153 g/mol. The van der Waals surface area contributed by atoms with Crippen molar-refractivity contribution in [2.45, 2.75) is 20.3 Å². The van der Waals surface area contributed by atoms with Gasteiger partial charge in [0.25, 0.3) is 0 Å². The summed E-state index contributed by atoms with van der Waals surface area (Å²) in [7, 11) is 0. The largest absolute Gasteiger partial charge is 0.396 e. The summed E-state index contributed by atoms with van der Waals surface area (Å²) in [4.78, 5) is 0. The first-order chi connectivity index (χ1) is 3.62. The fourth-order valence-electron chi connectivity index (χ4n) is 0.405. The van der Waals surface area contributed by atoms with Crippen molar-refractivity contribution in [1.29, 1.82) is 0 Å². The van der Waals surface area contributed by atoms with Crippen LogP contribution in [0.5, 0.6) is 0 Å². The molecule has 58 valence electrons. The Morgan fingerprint density at radius 3 is 2.00 bits per heavy atom. The SMILES string of the molecule is CC(C)(CN)CCO.Cl. The van der Waals surface area contributed by atoms with E-state index in [1.807, 2.05) is 13.8 Å². The van der Waals surface area contributed by atoms with Crippen LogP contribution < -0.4 is 5.73 Å². The first kappa shape index (κ1) is 11.9. The molecule has 0 aromatic rings. The molecule has 2 nitrogen and oxygen atoms in total. The van der Waals surface area contributed by atoms with Gasteiger partial charge in [-0.1, -0.05) is 13.8 Å². The van der Waals surface area contributed by atoms with Crippen LogP contribution in [0, 0.1) is 5.41 Å². The fourth-order valence-corrected chi connectivity index (χ4v) is 0.405. The predicted molar refractivity (Wildman–Crippen MR) is 41.8 cm³/mol. The minimum atomic E-state index is 0. The highest BCUT2D eigenvalue weighted by Crippen LogP contribution is 2.16. The van der Waals surface area contributed by atoms with Gasteiger partial charge in [-0.2, -0.15) is 0 Å². The van der Waals surface area contributed by atoms with Crippen LogP contribution in [0.15, 0.2) is 0 Å². The van der Waals surface area contributed by atoms with Crippen molar-refractivity contribution >= 4 is 12.4 Å². The Morgan fingerprint density at radius 1 is 1.44 bits per heavy atom. The zero-order valence-corrected chi connectivity index (χ0v) is 6.87. The summed E-state index contributed by atoms with van der Waals surface area (Å²) in [5, 5.41) is 8.48. The molecule has 0 aliphatic carbocycles. The van der Waals surface area contributed by atoms with Crippen LogP contribution in [0.25, 0.3) is 0 Å². The zero-order valence-electron chi connectivity index (χ0n) is 6.05. The minimum Gasteiger partial charge on any atom is -0.396 e. The van der Waals surface area contributed by atoms with E-state index in [4.69, 9.17) is 10.8 Å². The van der Waals surface area contributed by atoms with Crippen molar-refractivity contribution in [2.24, 2.45) is 11.1 Å². The van der Waals surface area contributed by atoms with Gasteiger partial charge in [0.05, 0.1) is 0 Å². The molecule has 0 heterocycles. The van der Waals surface area contributed by atoms with Gasteiger partial charge in [-0.15, -0.1) is 12.4 Å². The third-order valence-electron chi connectivity index (χ3n) is 1.34. The van der Waals surface area contributed by atoms with E-state index >= 15 is 0 Å². The highest BCUT2D eigenvalue weighted by molar-refractivity contribution is 5.85. The first-order valence-electron chi connectivity index (χ1n) is 2.93.